The number of nitrogens with zero attached hydrogens (tertiary/aromatic N) is 3. The van der Waals surface area contributed by atoms with Crippen LogP contribution in [0.3, 0.4) is 0 Å². The number of aromatic nitrogens is 1. The maximum atomic E-state index is 12.8. The van der Waals surface area contributed by atoms with Gasteiger partial charge in [0.2, 0.25) is 5.91 Å². The Hall–Kier alpha value is -2.48. The van der Waals surface area contributed by atoms with Crippen LogP contribution in [-0.2, 0) is 9.53 Å². The number of thiazole rings is 1. The Morgan fingerprint density at radius 2 is 1.77 bits per heavy atom. The minimum atomic E-state index is 0.0548. The number of amides is 1. The summed E-state index contributed by atoms with van der Waals surface area (Å²) in [5, 5.41) is 4.38. The zero-order valence-corrected chi connectivity index (χ0v) is 18.4. The number of likely N-dealkylation sites (tertiary alicyclic amines) is 1. The molecule has 6 nitrogen and oxygen atoms in total. The van der Waals surface area contributed by atoms with Crippen LogP contribution in [0.15, 0.2) is 48.5 Å². The van der Waals surface area contributed by atoms with Crippen LogP contribution < -0.4 is 10.2 Å². The number of morpholine rings is 1. The van der Waals surface area contributed by atoms with Gasteiger partial charge in [-0.25, -0.2) is 4.98 Å². The van der Waals surface area contributed by atoms with Gasteiger partial charge in [0.25, 0.3) is 0 Å². The van der Waals surface area contributed by atoms with E-state index in [1.807, 2.05) is 35.6 Å². The lowest BCUT2D eigenvalue weighted by atomic mass is 9.97. The van der Waals surface area contributed by atoms with Gasteiger partial charge < -0.3 is 15.0 Å². The van der Waals surface area contributed by atoms with Crippen LogP contribution in [0.4, 0.5) is 11.4 Å². The number of anilines is 2. The predicted octanol–water partition coefficient (Wildman–Crippen LogP) is 3.95. The number of hydrogen-bond acceptors (Lipinski definition) is 6. The first-order valence-electron chi connectivity index (χ1n) is 11.1. The molecule has 2 aliphatic heterocycles. The van der Waals surface area contributed by atoms with E-state index in [0.29, 0.717) is 12.5 Å². The standard InChI is InChI=1S/C24H28N4O2S/c29-23(25-19-5-1-3-7-21(19)28-13-15-30-16-14-28)17-27-11-9-18(10-12-27)24-26-20-6-2-4-8-22(20)31-24/h1-8,18H,9-17H2,(H,25,29). The number of ether oxygens (including phenoxy) is 1. The van der Waals surface area contributed by atoms with E-state index in [4.69, 9.17) is 9.72 Å². The molecule has 0 aliphatic carbocycles. The van der Waals surface area contributed by atoms with Gasteiger partial charge in [-0.15, -0.1) is 11.3 Å². The van der Waals surface area contributed by atoms with E-state index in [-0.39, 0.29) is 5.91 Å². The molecule has 31 heavy (non-hydrogen) atoms. The number of carbonyl (C=O) groups is 1. The van der Waals surface area contributed by atoms with Crippen molar-refractivity contribution in [3.63, 3.8) is 0 Å². The van der Waals surface area contributed by atoms with Crippen molar-refractivity contribution in [3.8, 4) is 0 Å². The summed E-state index contributed by atoms with van der Waals surface area (Å²) < 4.78 is 6.72. The summed E-state index contributed by atoms with van der Waals surface area (Å²) in [5.41, 5.74) is 3.07. The predicted molar refractivity (Wildman–Crippen MR) is 126 cm³/mol. The van der Waals surface area contributed by atoms with Crippen molar-refractivity contribution < 1.29 is 9.53 Å². The van der Waals surface area contributed by atoms with E-state index in [2.05, 4.69) is 39.4 Å². The lowest BCUT2D eigenvalue weighted by Crippen LogP contribution is -2.39. The van der Waals surface area contributed by atoms with Gasteiger partial charge in [0.1, 0.15) is 0 Å². The lowest BCUT2D eigenvalue weighted by molar-refractivity contribution is -0.117. The Bertz CT molecular complexity index is 1010. The minimum absolute atomic E-state index is 0.0548. The molecule has 162 valence electrons. The maximum absolute atomic E-state index is 12.8. The van der Waals surface area contributed by atoms with Gasteiger partial charge in [0.05, 0.1) is 46.4 Å². The van der Waals surface area contributed by atoms with Gasteiger partial charge in [-0.05, 0) is 50.2 Å². The zero-order chi connectivity index (χ0) is 21.0. The van der Waals surface area contributed by atoms with Gasteiger partial charge in [-0.2, -0.15) is 0 Å². The number of rotatable bonds is 5. The van der Waals surface area contributed by atoms with Crippen molar-refractivity contribution in [1.29, 1.82) is 0 Å². The molecule has 2 aromatic carbocycles. The number of nitrogens with one attached hydrogen (secondary N) is 1. The molecule has 2 fully saturated rings. The molecule has 0 spiro atoms. The van der Waals surface area contributed by atoms with Crippen molar-refractivity contribution in [2.24, 2.45) is 0 Å². The van der Waals surface area contributed by atoms with Crippen LogP contribution >= 0.6 is 11.3 Å². The average Bonchev–Trinajstić information content (AvgIpc) is 3.25. The molecule has 5 rings (SSSR count). The SMILES string of the molecule is O=C(CN1CCC(c2nc3ccccc3s2)CC1)Nc1ccccc1N1CCOCC1. The Labute approximate surface area is 186 Å². The second kappa shape index (κ2) is 9.34. The number of piperidine rings is 1. The molecule has 1 N–H and O–H groups in total. The summed E-state index contributed by atoms with van der Waals surface area (Å²) in [6.45, 7) is 5.46. The third-order valence-electron chi connectivity index (χ3n) is 6.14. The van der Waals surface area contributed by atoms with Crippen molar-refractivity contribution in [2.75, 3.05) is 56.2 Å². The monoisotopic (exact) mass is 436 g/mol. The average molecular weight is 437 g/mol. The number of fused-ring (bicyclic) bond motifs is 1. The van der Waals surface area contributed by atoms with Crippen LogP contribution in [0.2, 0.25) is 0 Å². The van der Waals surface area contributed by atoms with Gasteiger partial charge in [-0.1, -0.05) is 24.3 Å². The third-order valence-corrected chi connectivity index (χ3v) is 7.34. The molecule has 2 aliphatic rings. The first-order valence-corrected chi connectivity index (χ1v) is 11.9. The zero-order valence-electron chi connectivity index (χ0n) is 17.6. The van der Waals surface area contributed by atoms with Gasteiger partial charge >= 0.3 is 0 Å². The Balaban J connectivity index is 1.16. The fraction of sp³-hybridized carbons (Fsp3) is 0.417. The van der Waals surface area contributed by atoms with E-state index in [0.717, 1.165) is 69.1 Å². The smallest absolute Gasteiger partial charge is 0.238 e. The minimum Gasteiger partial charge on any atom is -0.378 e. The molecule has 0 unspecified atom stereocenters. The highest BCUT2D eigenvalue weighted by molar-refractivity contribution is 7.18. The molecule has 3 aromatic rings. The first kappa shape index (κ1) is 20.4. The number of benzene rings is 2. The molecule has 0 atom stereocenters. The van der Waals surface area contributed by atoms with E-state index in [1.165, 1.54) is 9.71 Å². The summed E-state index contributed by atoms with van der Waals surface area (Å²) in [5.74, 6) is 0.554. The molecule has 1 aromatic heterocycles. The van der Waals surface area contributed by atoms with Gasteiger partial charge in [0, 0.05) is 19.0 Å². The van der Waals surface area contributed by atoms with Crippen LogP contribution in [0.25, 0.3) is 10.2 Å². The summed E-state index contributed by atoms with van der Waals surface area (Å²) >= 11 is 1.81. The van der Waals surface area contributed by atoms with Crippen LogP contribution in [0, 0.1) is 0 Å². The molecular weight excluding hydrogens is 408 g/mol. The molecule has 1 amide bonds. The third kappa shape index (κ3) is 4.74. The number of hydrogen-bond donors (Lipinski definition) is 1. The summed E-state index contributed by atoms with van der Waals surface area (Å²) in [6.07, 6.45) is 2.11. The largest absolute Gasteiger partial charge is 0.378 e. The molecular formula is C24H28N4O2S. The lowest BCUT2D eigenvalue weighted by Gasteiger charge is -2.32. The van der Waals surface area contributed by atoms with Gasteiger partial charge in [-0.3, -0.25) is 9.69 Å². The quantitative estimate of drug-likeness (QED) is 0.656. The number of carbonyl (C=O) groups excluding carboxylic acids is 1. The van der Waals surface area contributed by atoms with Crippen LogP contribution in [0.1, 0.15) is 23.8 Å². The fourth-order valence-electron chi connectivity index (χ4n) is 4.45. The fourth-order valence-corrected chi connectivity index (χ4v) is 5.59. The first-order chi connectivity index (χ1) is 15.3. The van der Waals surface area contributed by atoms with Crippen molar-refractivity contribution in [1.82, 2.24) is 9.88 Å². The highest BCUT2D eigenvalue weighted by Gasteiger charge is 2.25. The molecule has 0 bridgehead atoms. The van der Waals surface area contributed by atoms with E-state index in [9.17, 15) is 4.79 Å². The van der Waals surface area contributed by atoms with Crippen LogP contribution in [0.5, 0.6) is 0 Å². The van der Waals surface area contributed by atoms with Crippen molar-refractivity contribution in [2.45, 2.75) is 18.8 Å². The summed E-state index contributed by atoms with van der Waals surface area (Å²) in [6, 6.07) is 16.4. The topological polar surface area (TPSA) is 57.7 Å². The summed E-state index contributed by atoms with van der Waals surface area (Å²) in [7, 11) is 0. The highest BCUT2D eigenvalue weighted by atomic mass is 32.1. The number of para-hydroxylation sites is 3. The second-order valence-electron chi connectivity index (χ2n) is 8.23. The molecule has 2 saturated heterocycles. The Morgan fingerprint density at radius 3 is 2.58 bits per heavy atom. The van der Waals surface area contributed by atoms with Crippen molar-refractivity contribution in [3.05, 3.63) is 53.5 Å². The van der Waals surface area contributed by atoms with E-state index >= 15 is 0 Å². The molecule has 0 saturated carbocycles. The second-order valence-corrected chi connectivity index (χ2v) is 9.30. The molecule has 0 radical (unpaired) electrons. The normalized spacial score (nSPS) is 18.4. The van der Waals surface area contributed by atoms with E-state index < -0.39 is 0 Å². The summed E-state index contributed by atoms with van der Waals surface area (Å²) in [4.78, 5) is 22.2. The Morgan fingerprint density at radius 1 is 1.03 bits per heavy atom. The highest BCUT2D eigenvalue weighted by Crippen LogP contribution is 2.34. The van der Waals surface area contributed by atoms with E-state index in [1.54, 1.807) is 0 Å². The Kier molecular flexibility index (Phi) is 6.15. The van der Waals surface area contributed by atoms with Gasteiger partial charge in [0.15, 0.2) is 0 Å². The van der Waals surface area contributed by atoms with Crippen molar-refractivity contribution >= 4 is 38.8 Å². The van der Waals surface area contributed by atoms with Crippen LogP contribution in [-0.4, -0.2) is 61.7 Å². The molecule has 7 heteroatoms. The maximum Gasteiger partial charge on any atom is 0.238 e. The molecule has 3 heterocycles.